The van der Waals surface area contributed by atoms with Crippen molar-refractivity contribution in [2.75, 3.05) is 0 Å². The first-order valence-corrected chi connectivity index (χ1v) is 5.40. The summed E-state index contributed by atoms with van der Waals surface area (Å²) in [5.41, 5.74) is 2.71. The largest absolute Gasteiger partial charge is 0.441 e. The zero-order chi connectivity index (χ0) is 11.4. The first-order valence-electron chi connectivity index (χ1n) is 5.40. The maximum Gasteiger partial charge on any atom is 0.192 e. The number of hydrogen-bond donors (Lipinski definition) is 0. The van der Waals surface area contributed by atoms with Gasteiger partial charge in [-0.25, -0.2) is 4.98 Å². The van der Waals surface area contributed by atoms with Crippen LogP contribution >= 0.6 is 0 Å². The number of pyridine rings is 1. The third kappa shape index (κ3) is 2.55. The van der Waals surface area contributed by atoms with Crippen LogP contribution in [-0.2, 0) is 0 Å². The van der Waals surface area contributed by atoms with Gasteiger partial charge in [-0.2, -0.15) is 0 Å². The molecule has 0 bridgehead atoms. The maximum atomic E-state index is 5.41. The molecule has 0 N–H and O–H groups in total. The summed E-state index contributed by atoms with van der Waals surface area (Å²) in [6, 6.07) is 1.96. The molecule has 15 heavy (non-hydrogen) atoms. The Balaban J connectivity index is 0.000000531. The summed E-state index contributed by atoms with van der Waals surface area (Å²) in [5, 5.41) is 0. The van der Waals surface area contributed by atoms with Crippen LogP contribution in [0.1, 0.15) is 45.2 Å². The Labute approximate surface area is 90.5 Å². The molecule has 2 heterocycles. The van der Waals surface area contributed by atoms with Crippen LogP contribution in [0.4, 0.5) is 0 Å². The normalized spacial score (nSPS) is 10.3. The summed E-state index contributed by atoms with van der Waals surface area (Å²) in [6.45, 7) is 10.1. The van der Waals surface area contributed by atoms with E-state index in [1.54, 1.807) is 6.20 Å². The summed E-state index contributed by atoms with van der Waals surface area (Å²) in [7, 11) is 0. The molecular weight excluding hydrogens is 188 g/mol. The average Bonchev–Trinajstić information content (AvgIpc) is 2.59. The van der Waals surface area contributed by atoms with Crippen molar-refractivity contribution in [3.63, 3.8) is 0 Å². The molecule has 0 aliphatic heterocycles. The third-order valence-corrected chi connectivity index (χ3v) is 1.99. The Morgan fingerprint density at radius 1 is 1.27 bits per heavy atom. The van der Waals surface area contributed by atoms with Crippen molar-refractivity contribution in [1.82, 2.24) is 9.97 Å². The molecule has 82 valence electrons. The fraction of sp³-hybridized carbons (Fsp3) is 0.500. The monoisotopic (exact) mass is 206 g/mol. The van der Waals surface area contributed by atoms with E-state index < -0.39 is 0 Å². The van der Waals surface area contributed by atoms with E-state index in [2.05, 4.69) is 23.8 Å². The highest BCUT2D eigenvalue weighted by molar-refractivity contribution is 5.71. The van der Waals surface area contributed by atoms with Crippen LogP contribution in [0.5, 0.6) is 0 Å². The second-order valence-electron chi connectivity index (χ2n) is 3.46. The van der Waals surface area contributed by atoms with Crippen LogP contribution in [0, 0.1) is 6.92 Å². The standard InChI is InChI=1S/C10H12N2O.C2H6/c1-6(2)8-4-10-9(5-11-8)12-7(3)13-10;1-2/h4-6H,1-3H3;1-2H3. The van der Waals surface area contributed by atoms with Crippen LogP contribution in [0.3, 0.4) is 0 Å². The number of aromatic nitrogens is 2. The van der Waals surface area contributed by atoms with Crippen molar-refractivity contribution in [2.24, 2.45) is 0 Å². The summed E-state index contributed by atoms with van der Waals surface area (Å²) in [5.74, 6) is 1.12. The van der Waals surface area contributed by atoms with Gasteiger partial charge in [0.2, 0.25) is 0 Å². The van der Waals surface area contributed by atoms with E-state index in [1.807, 2.05) is 26.8 Å². The van der Waals surface area contributed by atoms with Gasteiger partial charge in [0.15, 0.2) is 11.5 Å². The summed E-state index contributed by atoms with van der Waals surface area (Å²) in [4.78, 5) is 8.48. The molecule has 0 unspecified atom stereocenters. The lowest BCUT2D eigenvalue weighted by Crippen LogP contribution is -1.90. The smallest absolute Gasteiger partial charge is 0.192 e. The molecule has 2 aromatic rings. The molecule has 0 aromatic carbocycles. The maximum absolute atomic E-state index is 5.41. The van der Waals surface area contributed by atoms with Crippen molar-refractivity contribution in [2.45, 2.75) is 40.5 Å². The first kappa shape index (κ1) is 11.7. The van der Waals surface area contributed by atoms with Crippen LogP contribution < -0.4 is 0 Å². The minimum absolute atomic E-state index is 0.426. The highest BCUT2D eigenvalue weighted by Gasteiger charge is 2.06. The number of fused-ring (bicyclic) bond motifs is 1. The van der Waals surface area contributed by atoms with Gasteiger partial charge in [0.25, 0.3) is 0 Å². The lowest BCUT2D eigenvalue weighted by Gasteiger charge is -2.01. The lowest BCUT2D eigenvalue weighted by molar-refractivity contribution is 0.560. The van der Waals surface area contributed by atoms with Gasteiger partial charge in [-0.15, -0.1) is 0 Å². The molecule has 3 heteroatoms. The van der Waals surface area contributed by atoms with Crippen molar-refractivity contribution < 1.29 is 4.42 Å². The molecule has 0 amide bonds. The molecular formula is C12H18N2O. The van der Waals surface area contributed by atoms with E-state index in [-0.39, 0.29) is 0 Å². The molecule has 0 spiro atoms. The highest BCUT2D eigenvalue weighted by atomic mass is 16.3. The van der Waals surface area contributed by atoms with Crippen LogP contribution in [0.2, 0.25) is 0 Å². The van der Waals surface area contributed by atoms with Gasteiger partial charge in [0.05, 0.1) is 6.20 Å². The molecule has 0 aliphatic rings. The van der Waals surface area contributed by atoms with E-state index in [9.17, 15) is 0 Å². The SMILES string of the molecule is CC.Cc1nc2cnc(C(C)C)cc2o1. The molecule has 3 nitrogen and oxygen atoms in total. The van der Waals surface area contributed by atoms with Gasteiger partial charge >= 0.3 is 0 Å². The Morgan fingerprint density at radius 3 is 2.53 bits per heavy atom. The topological polar surface area (TPSA) is 38.9 Å². The predicted molar refractivity (Wildman–Crippen MR) is 62.0 cm³/mol. The molecule has 0 fully saturated rings. The Morgan fingerprint density at radius 2 is 1.93 bits per heavy atom. The van der Waals surface area contributed by atoms with E-state index in [0.717, 1.165) is 16.8 Å². The lowest BCUT2D eigenvalue weighted by atomic mass is 10.1. The second-order valence-corrected chi connectivity index (χ2v) is 3.46. The molecule has 2 rings (SSSR count). The number of aryl methyl sites for hydroxylation is 1. The number of nitrogens with zero attached hydrogens (tertiary/aromatic N) is 2. The fourth-order valence-corrected chi connectivity index (χ4v) is 1.28. The van der Waals surface area contributed by atoms with Crippen LogP contribution in [0.25, 0.3) is 11.1 Å². The number of hydrogen-bond acceptors (Lipinski definition) is 3. The summed E-state index contributed by atoms with van der Waals surface area (Å²) < 4.78 is 5.41. The van der Waals surface area contributed by atoms with Crippen molar-refractivity contribution in [1.29, 1.82) is 0 Å². The molecule has 0 aliphatic carbocycles. The minimum atomic E-state index is 0.426. The molecule has 0 saturated heterocycles. The summed E-state index contributed by atoms with van der Waals surface area (Å²) >= 11 is 0. The van der Waals surface area contributed by atoms with E-state index >= 15 is 0 Å². The quantitative estimate of drug-likeness (QED) is 0.714. The second kappa shape index (κ2) is 4.91. The molecule has 0 radical (unpaired) electrons. The van der Waals surface area contributed by atoms with Gasteiger partial charge in [-0.3, -0.25) is 4.98 Å². The van der Waals surface area contributed by atoms with E-state index in [4.69, 9.17) is 4.42 Å². The first-order chi connectivity index (χ1) is 7.16. The Kier molecular flexibility index (Phi) is 3.83. The number of oxazole rings is 1. The molecule has 0 atom stereocenters. The van der Waals surface area contributed by atoms with E-state index in [1.165, 1.54) is 0 Å². The third-order valence-electron chi connectivity index (χ3n) is 1.99. The van der Waals surface area contributed by atoms with Crippen molar-refractivity contribution in [3.8, 4) is 0 Å². The van der Waals surface area contributed by atoms with Crippen molar-refractivity contribution in [3.05, 3.63) is 23.8 Å². The highest BCUT2D eigenvalue weighted by Crippen LogP contribution is 2.18. The average molecular weight is 206 g/mol. The van der Waals surface area contributed by atoms with Gasteiger partial charge in [-0.05, 0) is 5.92 Å². The van der Waals surface area contributed by atoms with Crippen molar-refractivity contribution >= 4 is 11.1 Å². The summed E-state index contributed by atoms with van der Waals surface area (Å²) in [6.07, 6.45) is 1.77. The Hall–Kier alpha value is -1.38. The van der Waals surface area contributed by atoms with Crippen LogP contribution in [-0.4, -0.2) is 9.97 Å². The minimum Gasteiger partial charge on any atom is -0.441 e. The molecule has 2 aromatic heterocycles. The Bertz CT molecular complexity index is 432. The fourth-order valence-electron chi connectivity index (χ4n) is 1.28. The molecule has 0 saturated carbocycles. The zero-order valence-electron chi connectivity index (χ0n) is 10.0. The van der Waals surface area contributed by atoms with Gasteiger partial charge in [0, 0.05) is 18.7 Å². The van der Waals surface area contributed by atoms with Gasteiger partial charge < -0.3 is 4.42 Å². The van der Waals surface area contributed by atoms with Crippen LogP contribution in [0.15, 0.2) is 16.7 Å². The van der Waals surface area contributed by atoms with Gasteiger partial charge in [0.1, 0.15) is 5.52 Å². The van der Waals surface area contributed by atoms with E-state index in [0.29, 0.717) is 11.8 Å². The van der Waals surface area contributed by atoms with Gasteiger partial charge in [-0.1, -0.05) is 27.7 Å². The number of rotatable bonds is 1. The zero-order valence-corrected chi connectivity index (χ0v) is 10.0. The predicted octanol–water partition coefficient (Wildman–Crippen LogP) is 3.68.